The van der Waals surface area contributed by atoms with Crippen LogP contribution in [0.4, 0.5) is 11.8 Å². The maximum Gasteiger partial charge on any atom is 0.433 e. The fraction of sp³-hybridized carbons (Fsp3) is 0. The molecule has 3 heterocycles. The van der Waals surface area contributed by atoms with Gasteiger partial charge in [0, 0.05) is 10.9 Å². The third-order valence-electron chi connectivity index (χ3n) is 3.27. The Hall–Kier alpha value is -3.82. The topological polar surface area (TPSA) is 135 Å². The highest BCUT2D eigenvalue weighted by Gasteiger charge is 2.10. The van der Waals surface area contributed by atoms with Crippen molar-refractivity contribution in [1.82, 2.24) is 20.2 Å². The van der Waals surface area contributed by atoms with Crippen LogP contribution in [0.1, 0.15) is 5.76 Å². The number of aromatic nitrogens is 4. The average Bonchev–Trinajstić information content (AvgIpc) is 3.19. The molecule has 4 aromatic rings. The minimum Gasteiger partial charge on any atom is -0.400 e. The first-order valence-corrected chi connectivity index (χ1v) is 6.85. The third-order valence-corrected chi connectivity index (χ3v) is 3.27. The zero-order valence-electron chi connectivity index (χ0n) is 12.0. The lowest BCUT2D eigenvalue weighted by molar-refractivity contribution is -0.402. The van der Waals surface area contributed by atoms with Crippen molar-refractivity contribution in [1.29, 1.82) is 0 Å². The fourth-order valence-corrected chi connectivity index (χ4v) is 2.23. The number of hydrazone groups is 1. The van der Waals surface area contributed by atoms with Gasteiger partial charge in [-0.25, -0.2) is 5.43 Å². The number of nitro groups is 1. The predicted molar refractivity (Wildman–Crippen MR) is 85.8 cm³/mol. The van der Waals surface area contributed by atoms with Crippen molar-refractivity contribution in [2.45, 2.75) is 0 Å². The van der Waals surface area contributed by atoms with Gasteiger partial charge in [0.05, 0.1) is 12.3 Å². The summed E-state index contributed by atoms with van der Waals surface area (Å²) in [6.07, 6.45) is 1.28. The molecule has 0 radical (unpaired) electrons. The van der Waals surface area contributed by atoms with E-state index in [2.05, 4.69) is 30.7 Å². The van der Waals surface area contributed by atoms with E-state index in [1.54, 1.807) is 0 Å². The molecule has 0 bridgehead atoms. The van der Waals surface area contributed by atoms with E-state index in [9.17, 15) is 10.1 Å². The van der Waals surface area contributed by atoms with Crippen LogP contribution in [0.3, 0.4) is 0 Å². The first kappa shape index (κ1) is 13.8. The second-order valence-electron chi connectivity index (χ2n) is 4.81. The number of anilines is 1. The van der Waals surface area contributed by atoms with Crippen LogP contribution in [0, 0.1) is 10.1 Å². The Kier molecular flexibility index (Phi) is 3.12. The standard InChI is InChI=1S/C14H9N7O3/c22-21(23)11-6-5-8(24-11)7-15-19-14-17-13-12(18-20-14)9-3-1-2-4-10(9)16-13/h1-7H,(H2,16,17,19,20)/b15-7+. The van der Waals surface area contributed by atoms with E-state index in [1.165, 1.54) is 18.3 Å². The van der Waals surface area contributed by atoms with Crippen LogP contribution in [0.2, 0.25) is 0 Å². The van der Waals surface area contributed by atoms with Crippen LogP contribution in [-0.2, 0) is 0 Å². The molecule has 0 aliphatic rings. The highest BCUT2D eigenvalue weighted by atomic mass is 16.6. The smallest absolute Gasteiger partial charge is 0.400 e. The maximum absolute atomic E-state index is 10.5. The van der Waals surface area contributed by atoms with Gasteiger partial charge < -0.3 is 9.40 Å². The quantitative estimate of drug-likeness (QED) is 0.334. The Bertz CT molecular complexity index is 1080. The van der Waals surface area contributed by atoms with Gasteiger partial charge in [-0.2, -0.15) is 10.1 Å². The summed E-state index contributed by atoms with van der Waals surface area (Å²) in [6, 6.07) is 10.4. The van der Waals surface area contributed by atoms with E-state index in [-0.39, 0.29) is 17.6 Å². The van der Waals surface area contributed by atoms with Crippen LogP contribution < -0.4 is 5.43 Å². The van der Waals surface area contributed by atoms with E-state index in [4.69, 9.17) is 4.42 Å². The summed E-state index contributed by atoms with van der Waals surface area (Å²) in [6.45, 7) is 0. The fourth-order valence-electron chi connectivity index (χ4n) is 2.23. The van der Waals surface area contributed by atoms with Crippen LogP contribution >= 0.6 is 0 Å². The van der Waals surface area contributed by atoms with Crippen LogP contribution in [0.15, 0.2) is 45.9 Å². The van der Waals surface area contributed by atoms with E-state index in [0.29, 0.717) is 11.2 Å². The van der Waals surface area contributed by atoms with Gasteiger partial charge in [-0.05, 0) is 12.1 Å². The molecule has 0 fully saturated rings. The van der Waals surface area contributed by atoms with Crippen LogP contribution in [0.25, 0.3) is 22.1 Å². The molecule has 10 nitrogen and oxygen atoms in total. The third kappa shape index (κ3) is 2.41. The first-order valence-electron chi connectivity index (χ1n) is 6.85. The molecule has 2 N–H and O–H groups in total. The van der Waals surface area contributed by atoms with Crippen molar-refractivity contribution in [3.8, 4) is 0 Å². The van der Waals surface area contributed by atoms with Crippen molar-refractivity contribution >= 4 is 40.1 Å². The number of para-hydroxylation sites is 1. The molecule has 10 heteroatoms. The summed E-state index contributed by atoms with van der Waals surface area (Å²) in [4.78, 5) is 17.3. The van der Waals surface area contributed by atoms with Crippen molar-refractivity contribution in [2.75, 3.05) is 5.43 Å². The number of hydrogen-bond acceptors (Lipinski definition) is 8. The second kappa shape index (κ2) is 5.43. The van der Waals surface area contributed by atoms with Crippen LogP contribution in [-0.4, -0.2) is 31.3 Å². The number of benzene rings is 1. The van der Waals surface area contributed by atoms with Crippen molar-refractivity contribution in [2.24, 2.45) is 5.10 Å². The molecular weight excluding hydrogens is 314 g/mol. The van der Waals surface area contributed by atoms with Gasteiger partial charge in [-0.1, -0.05) is 18.2 Å². The molecule has 0 amide bonds. The van der Waals surface area contributed by atoms with Crippen molar-refractivity contribution in [3.05, 3.63) is 52.3 Å². The monoisotopic (exact) mass is 323 g/mol. The lowest BCUT2D eigenvalue weighted by Crippen LogP contribution is -1.98. The Morgan fingerprint density at radius 2 is 2.12 bits per heavy atom. The van der Waals surface area contributed by atoms with E-state index in [0.717, 1.165) is 10.9 Å². The number of furan rings is 1. The molecule has 3 aromatic heterocycles. The normalized spacial score (nSPS) is 11.5. The van der Waals surface area contributed by atoms with Gasteiger partial charge >= 0.3 is 5.88 Å². The van der Waals surface area contributed by atoms with Gasteiger partial charge in [0.15, 0.2) is 11.4 Å². The van der Waals surface area contributed by atoms with Crippen molar-refractivity contribution < 1.29 is 9.34 Å². The highest BCUT2D eigenvalue weighted by molar-refractivity contribution is 6.03. The molecular formula is C14H9N7O3. The summed E-state index contributed by atoms with van der Waals surface area (Å²) >= 11 is 0. The highest BCUT2D eigenvalue weighted by Crippen LogP contribution is 2.21. The molecule has 0 aliphatic carbocycles. The molecule has 0 unspecified atom stereocenters. The van der Waals surface area contributed by atoms with E-state index >= 15 is 0 Å². The molecule has 0 spiro atoms. The minimum atomic E-state index is -0.623. The number of aromatic amines is 1. The lowest BCUT2D eigenvalue weighted by Gasteiger charge is -1.96. The number of nitrogens with zero attached hydrogens (tertiary/aromatic N) is 5. The minimum absolute atomic E-state index is 0.186. The molecule has 118 valence electrons. The molecule has 0 aliphatic heterocycles. The van der Waals surface area contributed by atoms with Gasteiger partial charge in [0.2, 0.25) is 0 Å². The Morgan fingerprint density at radius 3 is 2.96 bits per heavy atom. The average molecular weight is 323 g/mol. The van der Waals surface area contributed by atoms with Gasteiger partial charge in [0.1, 0.15) is 10.4 Å². The van der Waals surface area contributed by atoms with Crippen LogP contribution in [0.5, 0.6) is 0 Å². The molecule has 1 aromatic carbocycles. The molecule has 0 saturated heterocycles. The van der Waals surface area contributed by atoms with Gasteiger partial charge in [-0.3, -0.25) is 10.1 Å². The zero-order chi connectivity index (χ0) is 16.5. The SMILES string of the molecule is O=[N+]([O-])c1ccc(/C=N/Nc2nnc3c(n2)[nH]c2ccccc23)o1. The summed E-state index contributed by atoms with van der Waals surface area (Å²) in [7, 11) is 0. The number of rotatable bonds is 4. The molecule has 0 atom stereocenters. The molecule has 0 saturated carbocycles. The predicted octanol–water partition coefficient (Wildman–Crippen LogP) is 2.45. The van der Waals surface area contributed by atoms with Gasteiger partial charge in [-0.15, -0.1) is 10.2 Å². The van der Waals surface area contributed by atoms with Crippen molar-refractivity contribution in [3.63, 3.8) is 0 Å². The maximum atomic E-state index is 10.5. The summed E-state index contributed by atoms with van der Waals surface area (Å²) in [5.41, 5.74) is 4.77. The summed E-state index contributed by atoms with van der Waals surface area (Å²) < 4.78 is 4.94. The molecule has 4 rings (SSSR count). The zero-order valence-corrected chi connectivity index (χ0v) is 12.0. The van der Waals surface area contributed by atoms with Gasteiger partial charge in [0.25, 0.3) is 5.95 Å². The van der Waals surface area contributed by atoms with E-state index < -0.39 is 4.92 Å². The number of H-pyrrole nitrogens is 1. The molecule has 24 heavy (non-hydrogen) atoms. The Balaban J connectivity index is 1.56. The first-order chi connectivity index (χ1) is 11.7. The summed E-state index contributed by atoms with van der Waals surface area (Å²) in [5.74, 6) is 0.0640. The lowest BCUT2D eigenvalue weighted by atomic mass is 10.2. The number of hydrogen-bond donors (Lipinski definition) is 2. The number of fused-ring (bicyclic) bond motifs is 3. The Labute approximate surface area is 133 Å². The van der Waals surface area contributed by atoms with E-state index in [1.807, 2.05) is 24.3 Å². The largest absolute Gasteiger partial charge is 0.433 e. The Morgan fingerprint density at radius 1 is 1.25 bits per heavy atom. The number of nitrogens with one attached hydrogen (secondary N) is 2. The summed E-state index contributed by atoms with van der Waals surface area (Å²) in [5, 5.41) is 23.4. The second-order valence-corrected chi connectivity index (χ2v) is 4.81.